The van der Waals surface area contributed by atoms with Crippen LogP contribution >= 0.6 is 0 Å². The van der Waals surface area contributed by atoms with Gasteiger partial charge in [0.25, 0.3) is 0 Å². The Hall–Kier alpha value is -1.57. The van der Waals surface area contributed by atoms with Crippen LogP contribution in [-0.4, -0.2) is 36.5 Å². The van der Waals surface area contributed by atoms with Gasteiger partial charge in [0, 0.05) is 18.5 Å². The van der Waals surface area contributed by atoms with Crippen molar-refractivity contribution in [3.63, 3.8) is 0 Å². The second-order valence-electron chi connectivity index (χ2n) is 5.01. The standard InChI is InChI=1S/C13H22N2O3/c1-5-18-11(16)7-10-15(9-6-8-14)12(17)13(2,3)4/h5-7,9-10H2,1-4H3. The number of esters is 1. The van der Waals surface area contributed by atoms with Gasteiger partial charge in [-0.2, -0.15) is 5.26 Å². The van der Waals surface area contributed by atoms with Gasteiger partial charge in [-0.15, -0.1) is 0 Å². The predicted octanol–water partition coefficient (Wildman–Crippen LogP) is 1.73. The van der Waals surface area contributed by atoms with Crippen LogP contribution in [0.3, 0.4) is 0 Å². The summed E-state index contributed by atoms with van der Waals surface area (Å²) in [7, 11) is 0. The van der Waals surface area contributed by atoms with Crippen LogP contribution in [0.5, 0.6) is 0 Å². The minimum absolute atomic E-state index is 0.0537. The Labute approximate surface area is 109 Å². The highest BCUT2D eigenvalue weighted by atomic mass is 16.5. The van der Waals surface area contributed by atoms with Gasteiger partial charge in [0.15, 0.2) is 0 Å². The molecule has 0 saturated carbocycles. The van der Waals surface area contributed by atoms with Gasteiger partial charge in [-0.25, -0.2) is 0 Å². The molecule has 5 nitrogen and oxygen atoms in total. The SMILES string of the molecule is CCOC(=O)CCN(CCC#N)C(=O)C(C)(C)C. The van der Waals surface area contributed by atoms with E-state index < -0.39 is 5.41 Å². The van der Waals surface area contributed by atoms with Gasteiger partial charge in [-0.05, 0) is 6.92 Å². The van der Waals surface area contributed by atoms with Crippen molar-refractivity contribution in [1.29, 1.82) is 5.26 Å². The van der Waals surface area contributed by atoms with Gasteiger partial charge in [-0.3, -0.25) is 9.59 Å². The normalized spacial score (nSPS) is 10.6. The zero-order valence-electron chi connectivity index (χ0n) is 11.7. The Morgan fingerprint density at radius 2 is 1.89 bits per heavy atom. The highest BCUT2D eigenvalue weighted by Gasteiger charge is 2.27. The van der Waals surface area contributed by atoms with E-state index in [0.29, 0.717) is 19.7 Å². The van der Waals surface area contributed by atoms with Gasteiger partial charge in [-0.1, -0.05) is 20.8 Å². The van der Waals surface area contributed by atoms with Crippen LogP contribution in [0.4, 0.5) is 0 Å². The summed E-state index contributed by atoms with van der Waals surface area (Å²) in [4.78, 5) is 24.9. The number of ether oxygens (including phenoxy) is 1. The molecule has 0 saturated heterocycles. The van der Waals surface area contributed by atoms with Crippen LogP contribution in [-0.2, 0) is 14.3 Å². The van der Waals surface area contributed by atoms with Crippen molar-refractivity contribution in [1.82, 2.24) is 4.90 Å². The van der Waals surface area contributed by atoms with Gasteiger partial charge < -0.3 is 9.64 Å². The monoisotopic (exact) mass is 254 g/mol. The van der Waals surface area contributed by atoms with Gasteiger partial charge >= 0.3 is 5.97 Å². The molecule has 1 amide bonds. The first kappa shape index (κ1) is 16.4. The van der Waals surface area contributed by atoms with Crippen molar-refractivity contribution >= 4 is 11.9 Å². The molecule has 0 N–H and O–H groups in total. The summed E-state index contributed by atoms with van der Waals surface area (Å²) in [6.45, 7) is 8.19. The van der Waals surface area contributed by atoms with E-state index in [-0.39, 0.29) is 24.7 Å². The van der Waals surface area contributed by atoms with E-state index in [2.05, 4.69) is 0 Å². The summed E-state index contributed by atoms with van der Waals surface area (Å²) in [6.07, 6.45) is 0.436. The molecule has 0 heterocycles. The summed E-state index contributed by atoms with van der Waals surface area (Å²) in [6, 6.07) is 2.01. The molecule has 0 aromatic heterocycles. The minimum atomic E-state index is -0.510. The summed E-state index contributed by atoms with van der Waals surface area (Å²) in [5.41, 5.74) is -0.510. The van der Waals surface area contributed by atoms with Gasteiger partial charge in [0.1, 0.15) is 0 Å². The molecule has 0 spiro atoms. The third-order valence-corrected chi connectivity index (χ3v) is 2.31. The summed E-state index contributed by atoms with van der Waals surface area (Å²) in [5.74, 6) is -0.372. The molecule has 5 heteroatoms. The minimum Gasteiger partial charge on any atom is -0.466 e. The van der Waals surface area contributed by atoms with E-state index in [1.807, 2.05) is 26.8 Å². The topological polar surface area (TPSA) is 70.4 Å². The highest BCUT2D eigenvalue weighted by Crippen LogP contribution is 2.17. The van der Waals surface area contributed by atoms with Crippen LogP contribution in [0, 0.1) is 16.7 Å². The summed E-state index contributed by atoms with van der Waals surface area (Å²) >= 11 is 0. The third kappa shape index (κ3) is 6.24. The largest absolute Gasteiger partial charge is 0.466 e. The summed E-state index contributed by atoms with van der Waals surface area (Å²) < 4.78 is 4.82. The maximum atomic E-state index is 12.1. The van der Waals surface area contributed by atoms with Crippen LogP contribution < -0.4 is 0 Å². The molecular weight excluding hydrogens is 232 g/mol. The first-order chi connectivity index (χ1) is 8.32. The number of hydrogen-bond acceptors (Lipinski definition) is 4. The zero-order valence-corrected chi connectivity index (χ0v) is 11.7. The van der Waals surface area contributed by atoms with E-state index >= 15 is 0 Å². The van der Waals surface area contributed by atoms with Crippen molar-refractivity contribution in [2.45, 2.75) is 40.5 Å². The molecule has 0 unspecified atom stereocenters. The smallest absolute Gasteiger partial charge is 0.307 e. The number of rotatable bonds is 6. The lowest BCUT2D eigenvalue weighted by molar-refractivity contribution is -0.145. The van der Waals surface area contributed by atoms with Gasteiger partial charge in [0.2, 0.25) is 5.91 Å². The van der Waals surface area contributed by atoms with Gasteiger partial charge in [0.05, 0.1) is 25.5 Å². The number of amides is 1. The Morgan fingerprint density at radius 1 is 1.28 bits per heavy atom. The fourth-order valence-electron chi connectivity index (χ4n) is 1.43. The second kappa shape index (κ2) is 7.70. The van der Waals surface area contributed by atoms with E-state index in [1.54, 1.807) is 11.8 Å². The molecule has 0 aromatic carbocycles. The zero-order chi connectivity index (χ0) is 14.2. The average Bonchev–Trinajstić information content (AvgIpc) is 2.27. The van der Waals surface area contributed by atoms with Crippen LogP contribution in [0.1, 0.15) is 40.5 Å². The van der Waals surface area contributed by atoms with E-state index in [9.17, 15) is 9.59 Å². The second-order valence-corrected chi connectivity index (χ2v) is 5.01. The number of nitrogens with zero attached hydrogens (tertiary/aromatic N) is 2. The molecule has 0 aliphatic carbocycles. The quantitative estimate of drug-likeness (QED) is 0.677. The van der Waals surface area contributed by atoms with Crippen LogP contribution in [0.15, 0.2) is 0 Å². The third-order valence-electron chi connectivity index (χ3n) is 2.31. The van der Waals surface area contributed by atoms with Crippen molar-refractivity contribution in [3.05, 3.63) is 0 Å². The van der Waals surface area contributed by atoms with Crippen molar-refractivity contribution in [2.75, 3.05) is 19.7 Å². The van der Waals surface area contributed by atoms with Crippen molar-refractivity contribution in [3.8, 4) is 6.07 Å². The maximum absolute atomic E-state index is 12.1. The van der Waals surface area contributed by atoms with E-state index in [4.69, 9.17) is 10.00 Å². The summed E-state index contributed by atoms with van der Waals surface area (Å²) in [5, 5.41) is 8.58. The lowest BCUT2D eigenvalue weighted by Crippen LogP contribution is -2.41. The van der Waals surface area contributed by atoms with Crippen LogP contribution in [0.25, 0.3) is 0 Å². The first-order valence-electron chi connectivity index (χ1n) is 6.14. The highest BCUT2D eigenvalue weighted by molar-refractivity contribution is 5.82. The lowest BCUT2D eigenvalue weighted by Gasteiger charge is -2.28. The molecular formula is C13H22N2O3. The van der Waals surface area contributed by atoms with Crippen molar-refractivity contribution in [2.24, 2.45) is 5.41 Å². The number of carbonyl (C=O) groups excluding carboxylic acids is 2. The van der Waals surface area contributed by atoms with Crippen LogP contribution in [0.2, 0.25) is 0 Å². The molecule has 102 valence electrons. The average molecular weight is 254 g/mol. The van der Waals surface area contributed by atoms with E-state index in [1.165, 1.54) is 0 Å². The predicted molar refractivity (Wildman–Crippen MR) is 67.5 cm³/mol. The molecule has 0 radical (unpaired) electrons. The van der Waals surface area contributed by atoms with E-state index in [0.717, 1.165) is 0 Å². The molecule has 0 aliphatic rings. The maximum Gasteiger partial charge on any atom is 0.307 e. The molecule has 0 atom stereocenters. The molecule has 0 bridgehead atoms. The van der Waals surface area contributed by atoms with Crippen molar-refractivity contribution < 1.29 is 14.3 Å². The molecule has 0 aromatic rings. The lowest BCUT2D eigenvalue weighted by atomic mass is 9.94. The Balaban J connectivity index is 4.46. The molecule has 0 fully saturated rings. The molecule has 0 aliphatic heterocycles. The number of carbonyl (C=O) groups is 2. The fourth-order valence-corrected chi connectivity index (χ4v) is 1.43. The molecule has 0 rings (SSSR count). The Morgan fingerprint density at radius 3 is 2.33 bits per heavy atom. The fraction of sp³-hybridized carbons (Fsp3) is 0.769. The Kier molecular flexibility index (Phi) is 7.03. The Bertz CT molecular complexity index is 326. The number of nitriles is 1. The first-order valence-corrected chi connectivity index (χ1v) is 6.14. The number of hydrogen-bond donors (Lipinski definition) is 0. The molecule has 18 heavy (non-hydrogen) atoms.